The third kappa shape index (κ3) is 2.74. The third-order valence-electron chi connectivity index (χ3n) is 5.03. The summed E-state index contributed by atoms with van der Waals surface area (Å²) in [5.41, 5.74) is 0.568. The van der Waals surface area contributed by atoms with Gasteiger partial charge in [0.1, 0.15) is 0 Å². The minimum atomic E-state index is -0.530. The Morgan fingerprint density at radius 3 is 3.00 bits per heavy atom. The van der Waals surface area contributed by atoms with Gasteiger partial charge in [-0.05, 0) is 50.4 Å². The lowest BCUT2D eigenvalue weighted by Crippen LogP contribution is -2.53. The maximum absolute atomic E-state index is 10.9. The highest BCUT2D eigenvalue weighted by atomic mass is 16.5. The zero-order valence-electron chi connectivity index (χ0n) is 12.6. The number of piperidine rings is 1. The Balaban J connectivity index is 1.89. The van der Waals surface area contributed by atoms with Crippen molar-refractivity contribution in [1.82, 2.24) is 5.32 Å². The molecule has 1 aromatic rings. The zero-order chi connectivity index (χ0) is 14.9. The lowest BCUT2D eigenvalue weighted by atomic mass is 9.67. The van der Waals surface area contributed by atoms with Gasteiger partial charge >= 0.3 is 0 Å². The molecule has 3 rings (SSSR count). The molecule has 4 nitrogen and oxygen atoms in total. The fourth-order valence-corrected chi connectivity index (χ4v) is 3.97. The van der Waals surface area contributed by atoms with Gasteiger partial charge in [-0.15, -0.1) is 0 Å². The average molecular weight is 291 g/mol. The van der Waals surface area contributed by atoms with Crippen LogP contribution in [-0.2, 0) is 0 Å². The molecule has 0 aromatic heterocycles. The summed E-state index contributed by atoms with van der Waals surface area (Å²) in [7, 11) is 0. The zero-order valence-corrected chi connectivity index (χ0v) is 12.6. The Bertz CT molecular complexity index is 501. The Morgan fingerprint density at radius 2 is 2.19 bits per heavy atom. The first-order valence-corrected chi connectivity index (χ1v) is 8.05. The van der Waals surface area contributed by atoms with E-state index in [4.69, 9.17) is 4.74 Å². The van der Waals surface area contributed by atoms with Crippen LogP contribution in [0.1, 0.15) is 50.6 Å². The van der Waals surface area contributed by atoms with E-state index in [9.17, 15) is 10.2 Å². The molecule has 1 saturated carbocycles. The molecule has 1 aromatic carbocycles. The molecule has 4 heteroatoms. The maximum atomic E-state index is 10.9. The molecule has 3 atom stereocenters. The molecular weight excluding hydrogens is 266 g/mol. The van der Waals surface area contributed by atoms with E-state index >= 15 is 0 Å². The smallest absolute Gasteiger partial charge is 0.161 e. The number of ether oxygens (including phenoxy) is 1. The second-order valence-electron chi connectivity index (χ2n) is 6.30. The highest BCUT2D eigenvalue weighted by molar-refractivity contribution is 5.43. The van der Waals surface area contributed by atoms with Crippen LogP contribution in [-0.4, -0.2) is 29.0 Å². The monoisotopic (exact) mass is 291 g/mol. The SMILES string of the molecule is CCOc1cc(C2NCCC3(O)CCCCC23)ccc1O. The average Bonchev–Trinajstić information content (AvgIpc) is 2.48. The number of rotatable bonds is 3. The summed E-state index contributed by atoms with van der Waals surface area (Å²) in [6.45, 7) is 3.27. The molecule has 0 bridgehead atoms. The van der Waals surface area contributed by atoms with E-state index < -0.39 is 5.60 Å². The number of hydrogen-bond acceptors (Lipinski definition) is 4. The van der Waals surface area contributed by atoms with Crippen LogP contribution in [0.25, 0.3) is 0 Å². The molecule has 1 aliphatic carbocycles. The maximum Gasteiger partial charge on any atom is 0.161 e. The first-order chi connectivity index (χ1) is 10.1. The van der Waals surface area contributed by atoms with Crippen molar-refractivity contribution in [3.05, 3.63) is 23.8 Å². The number of fused-ring (bicyclic) bond motifs is 1. The Labute approximate surface area is 126 Å². The van der Waals surface area contributed by atoms with Crippen molar-refractivity contribution < 1.29 is 14.9 Å². The van der Waals surface area contributed by atoms with Gasteiger partial charge < -0.3 is 20.3 Å². The lowest BCUT2D eigenvalue weighted by molar-refractivity contribution is -0.0861. The van der Waals surface area contributed by atoms with Gasteiger partial charge in [-0.25, -0.2) is 0 Å². The summed E-state index contributed by atoms with van der Waals surface area (Å²) in [4.78, 5) is 0. The normalized spacial score (nSPS) is 32.5. The van der Waals surface area contributed by atoms with E-state index in [0.717, 1.165) is 37.8 Å². The minimum Gasteiger partial charge on any atom is -0.504 e. The molecule has 1 aliphatic heterocycles. The lowest BCUT2D eigenvalue weighted by Gasteiger charge is -2.48. The summed E-state index contributed by atoms with van der Waals surface area (Å²) in [6.07, 6.45) is 5.11. The van der Waals surface area contributed by atoms with Crippen molar-refractivity contribution >= 4 is 0 Å². The van der Waals surface area contributed by atoms with Crippen LogP contribution < -0.4 is 10.1 Å². The van der Waals surface area contributed by atoms with Gasteiger partial charge in [0.05, 0.1) is 12.2 Å². The number of aromatic hydroxyl groups is 1. The standard InChI is InChI=1S/C17H25NO3/c1-2-21-15-11-12(6-7-14(15)19)16-13-5-3-4-8-17(13,20)9-10-18-16/h6-7,11,13,16,18-20H,2-5,8-10H2,1H3. The minimum absolute atomic E-state index is 0.142. The number of aliphatic hydroxyl groups is 1. The fourth-order valence-electron chi connectivity index (χ4n) is 3.97. The summed E-state index contributed by atoms with van der Waals surface area (Å²) in [5.74, 6) is 0.955. The Morgan fingerprint density at radius 1 is 1.33 bits per heavy atom. The summed E-state index contributed by atoms with van der Waals surface area (Å²) >= 11 is 0. The van der Waals surface area contributed by atoms with E-state index in [1.807, 2.05) is 19.1 Å². The first-order valence-electron chi connectivity index (χ1n) is 8.05. The van der Waals surface area contributed by atoms with Crippen molar-refractivity contribution in [3.63, 3.8) is 0 Å². The molecule has 0 spiro atoms. The van der Waals surface area contributed by atoms with Gasteiger partial charge in [-0.2, -0.15) is 0 Å². The number of phenols is 1. The molecule has 116 valence electrons. The highest BCUT2D eigenvalue weighted by Gasteiger charge is 2.45. The molecule has 3 unspecified atom stereocenters. The number of hydrogen-bond donors (Lipinski definition) is 3. The van der Waals surface area contributed by atoms with Crippen molar-refractivity contribution in [1.29, 1.82) is 0 Å². The van der Waals surface area contributed by atoms with Crippen molar-refractivity contribution in [3.8, 4) is 11.5 Å². The van der Waals surface area contributed by atoms with Gasteiger partial charge in [0.15, 0.2) is 11.5 Å². The van der Waals surface area contributed by atoms with E-state index in [1.54, 1.807) is 6.07 Å². The Kier molecular flexibility index (Phi) is 4.09. The van der Waals surface area contributed by atoms with E-state index in [-0.39, 0.29) is 17.7 Å². The quantitative estimate of drug-likeness (QED) is 0.801. The second-order valence-corrected chi connectivity index (χ2v) is 6.30. The number of benzene rings is 1. The summed E-state index contributed by atoms with van der Waals surface area (Å²) < 4.78 is 5.49. The molecule has 0 amide bonds. The van der Waals surface area contributed by atoms with Crippen LogP contribution >= 0.6 is 0 Å². The van der Waals surface area contributed by atoms with Crippen LogP contribution in [0.4, 0.5) is 0 Å². The fraction of sp³-hybridized carbons (Fsp3) is 0.647. The summed E-state index contributed by atoms with van der Waals surface area (Å²) in [5, 5.41) is 24.3. The predicted octanol–water partition coefficient (Wildman–Crippen LogP) is 2.75. The van der Waals surface area contributed by atoms with Crippen LogP contribution in [0, 0.1) is 5.92 Å². The van der Waals surface area contributed by atoms with Gasteiger partial charge in [-0.1, -0.05) is 18.9 Å². The molecule has 1 heterocycles. The van der Waals surface area contributed by atoms with Crippen molar-refractivity contribution in [2.24, 2.45) is 5.92 Å². The van der Waals surface area contributed by atoms with Crippen LogP contribution in [0.15, 0.2) is 18.2 Å². The van der Waals surface area contributed by atoms with Crippen molar-refractivity contribution in [2.75, 3.05) is 13.2 Å². The van der Waals surface area contributed by atoms with Crippen LogP contribution in [0.5, 0.6) is 11.5 Å². The second kappa shape index (κ2) is 5.85. The van der Waals surface area contributed by atoms with Crippen molar-refractivity contribution in [2.45, 2.75) is 50.7 Å². The predicted molar refractivity (Wildman–Crippen MR) is 81.5 cm³/mol. The molecule has 1 saturated heterocycles. The third-order valence-corrected chi connectivity index (χ3v) is 5.03. The number of nitrogens with one attached hydrogen (secondary N) is 1. The molecule has 2 aliphatic rings. The van der Waals surface area contributed by atoms with Gasteiger partial charge in [0.25, 0.3) is 0 Å². The summed E-state index contributed by atoms with van der Waals surface area (Å²) in [6, 6.07) is 5.69. The van der Waals surface area contributed by atoms with Crippen LogP contribution in [0.3, 0.4) is 0 Å². The molecule has 21 heavy (non-hydrogen) atoms. The van der Waals surface area contributed by atoms with E-state index in [1.165, 1.54) is 6.42 Å². The molecular formula is C17H25NO3. The topological polar surface area (TPSA) is 61.7 Å². The van der Waals surface area contributed by atoms with E-state index in [2.05, 4.69) is 5.32 Å². The van der Waals surface area contributed by atoms with Crippen LogP contribution in [0.2, 0.25) is 0 Å². The molecule has 0 radical (unpaired) electrons. The van der Waals surface area contributed by atoms with Gasteiger partial charge in [0, 0.05) is 12.0 Å². The highest BCUT2D eigenvalue weighted by Crippen LogP contribution is 2.46. The first kappa shape index (κ1) is 14.7. The van der Waals surface area contributed by atoms with Gasteiger partial charge in [-0.3, -0.25) is 0 Å². The van der Waals surface area contributed by atoms with E-state index in [0.29, 0.717) is 12.4 Å². The van der Waals surface area contributed by atoms with Gasteiger partial charge in [0.2, 0.25) is 0 Å². The molecule has 3 N–H and O–H groups in total. The number of phenolic OH excluding ortho intramolecular Hbond substituents is 1. The largest absolute Gasteiger partial charge is 0.504 e. The molecule has 2 fully saturated rings. The Hall–Kier alpha value is -1.26.